The average molecular weight is 306 g/mol. The Morgan fingerprint density at radius 3 is 2.75 bits per heavy atom. The van der Waals surface area contributed by atoms with E-state index in [1.807, 2.05) is 0 Å². The highest BCUT2D eigenvalue weighted by atomic mass is 79.9. The molecule has 0 atom stereocenters. The molecule has 0 bridgehead atoms. The monoisotopic (exact) mass is 304 g/mol. The fourth-order valence-electron chi connectivity index (χ4n) is 1.03. The summed E-state index contributed by atoms with van der Waals surface area (Å²) in [6.07, 6.45) is 1.42. The normalized spacial score (nSPS) is 10.4. The first kappa shape index (κ1) is 12.8. The van der Waals surface area contributed by atoms with Crippen LogP contribution in [0.2, 0.25) is 5.02 Å². The number of hydrogen-bond donors (Lipinski definition) is 2. The van der Waals surface area contributed by atoms with Crippen LogP contribution in [0, 0.1) is 0 Å². The number of hydrogen-bond acceptors (Lipinski definition) is 3. The van der Waals surface area contributed by atoms with Gasteiger partial charge in [0.25, 0.3) is 0 Å². The summed E-state index contributed by atoms with van der Waals surface area (Å²) in [6.45, 7) is 0. The minimum absolute atomic E-state index is 0.124. The second-order valence-electron chi connectivity index (χ2n) is 2.75. The minimum atomic E-state index is -0.124. The van der Waals surface area contributed by atoms with Gasteiger partial charge in [0.15, 0.2) is 0 Å². The summed E-state index contributed by atoms with van der Waals surface area (Å²) < 4.78 is 5.95. The summed E-state index contributed by atoms with van der Waals surface area (Å²) in [6, 6.07) is 3.49. The van der Waals surface area contributed by atoms with Crippen molar-refractivity contribution in [3.05, 3.63) is 27.2 Å². The van der Waals surface area contributed by atoms with Crippen molar-refractivity contribution in [2.75, 3.05) is 7.11 Å². The highest BCUT2D eigenvalue weighted by Gasteiger charge is 2.09. The summed E-state index contributed by atoms with van der Waals surface area (Å²) in [5, 5.41) is 7.65. The van der Waals surface area contributed by atoms with Gasteiger partial charge in [0, 0.05) is 0 Å². The predicted octanol–water partition coefficient (Wildman–Crippen LogP) is 1.72. The highest BCUT2D eigenvalue weighted by Crippen LogP contribution is 2.32. The second-order valence-corrected chi connectivity index (χ2v) is 4.01. The molecule has 86 valence electrons. The molecule has 7 heteroatoms. The van der Waals surface area contributed by atoms with E-state index in [9.17, 15) is 0 Å². The molecule has 0 aliphatic heterocycles. The van der Waals surface area contributed by atoms with Crippen LogP contribution in [0.1, 0.15) is 5.56 Å². The maximum absolute atomic E-state index is 5.99. The molecule has 0 fully saturated rings. The van der Waals surface area contributed by atoms with Gasteiger partial charge >= 0.3 is 0 Å². The fourth-order valence-corrected chi connectivity index (χ4v) is 1.74. The average Bonchev–Trinajstić information content (AvgIpc) is 2.23. The Kier molecular flexibility index (Phi) is 4.57. The molecule has 16 heavy (non-hydrogen) atoms. The molecule has 1 aromatic rings. The van der Waals surface area contributed by atoms with Crippen LogP contribution in [0.25, 0.3) is 0 Å². The first-order valence-corrected chi connectivity index (χ1v) is 5.37. The zero-order valence-corrected chi connectivity index (χ0v) is 10.8. The van der Waals surface area contributed by atoms with Crippen LogP contribution in [0.15, 0.2) is 26.8 Å². The highest BCUT2D eigenvalue weighted by molar-refractivity contribution is 9.10. The predicted molar refractivity (Wildman–Crippen MR) is 69.1 cm³/mol. The largest absolute Gasteiger partial charge is 0.495 e. The zero-order chi connectivity index (χ0) is 12.1. The molecular formula is C9H10BrClN4O. The van der Waals surface area contributed by atoms with Gasteiger partial charge in [0.1, 0.15) is 5.75 Å². The van der Waals surface area contributed by atoms with E-state index < -0.39 is 0 Å². The van der Waals surface area contributed by atoms with Crippen molar-refractivity contribution in [1.29, 1.82) is 0 Å². The van der Waals surface area contributed by atoms with E-state index in [0.29, 0.717) is 16.3 Å². The number of halogens is 2. The molecule has 0 saturated heterocycles. The lowest BCUT2D eigenvalue weighted by molar-refractivity contribution is 0.411. The molecule has 1 aromatic carbocycles. The van der Waals surface area contributed by atoms with Crippen LogP contribution in [0.4, 0.5) is 0 Å². The number of guanidine groups is 1. The Morgan fingerprint density at radius 2 is 2.19 bits per heavy atom. The standard InChI is InChI=1S/C9H10BrClN4O/c1-16-8-5(4-14-15-9(12)13)7(11)3-2-6(8)10/h2-4H,1H3,(H4,12,13,15). The lowest BCUT2D eigenvalue weighted by atomic mass is 10.2. The van der Waals surface area contributed by atoms with E-state index in [1.165, 1.54) is 13.3 Å². The van der Waals surface area contributed by atoms with Crippen LogP contribution in [0.3, 0.4) is 0 Å². The SMILES string of the molecule is COc1c(Br)ccc(Cl)c1C=NN=C(N)N. The molecule has 0 radical (unpaired) electrons. The summed E-state index contributed by atoms with van der Waals surface area (Å²) in [4.78, 5) is 0. The molecule has 4 N–H and O–H groups in total. The molecular weight excluding hydrogens is 295 g/mol. The van der Waals surface area contributed by atoms with Crippen molar-refractivity contribution < 1.29 is 4.74 Å². The molecule has 1 rings (SSSR count). The number of ether oxygens (including phenoxy) is 1. The van der Waals surface area contributed by atoms with E-state index in [1.54, 1.807) is 12.1 Å². The lowest BCUT2D eigenvalue weighted by Crippen LogP contribution is -2.21. The fraction of sp³-hybridized carbons (Fsp3) is 0.111. The van der Waals surface area contributed by atoms with Crippen molar-refractivity contribution in [3.63, 3.8) is 0 Å². The number of methoxy groups -OCH3 is 1. The maximum Gasteiger partial charge on any atom is 0.211 e. The van der Waals surface area contributed by atoms with E-state index in [-0.39, 0.29) is 5.96 Å². The van der Waals surface area contributed by atoms with Crippen molar-refractivity contribution >= 4 is 39.7 Å². The van der Waals surface area contributed by atoms with Crippen LogP contribution < -0.4 is 16.2 Å². The van der Waals surface area contributed by atoms with E-state index in [2.05, 4.69) is 26.1 Å². The van der Waals surface area contributed by atoms with Gasteiger partial charge in [-0.3, -0.25) is 0 Å². The Bertz CT molecular complexity index is 443. The Hall–Kier alpha value is -1.27. The third-order valence-electron chi connectivity index (χ3n) is 1.66. The first-order chi connectivity index (χ1) is 7.56. The van der Waals surface area contributed by atoms with Gasteiger partial charge in [-0.25, -0.2) is 0 Å². The summed E-state index contributed by atoms with van der Waals surface area (Å²) in [5.74, 6) is 0.448. The molecule has 5 nitrogen and oxygen atoms in total. The molecule has 0 heterocycles. The molecule has 0 amide bonds. The van der Waals surface area contributed by atoms with E-state index in [0.717, 1.165) is 4.47 Å². The van der Waals surface area contributed by atoms with Crippen LogP contribution in [-0.2, 0) is 0 Å². The van der Waals surface area contributed by atoms with Gasteiger partial charge in [0.2, 0.25) is 5.96 Å². The van der Waals surface area contributed by atoms with Gasteiger partial charge in [-0.1, -0.05) is 11.6 Å². The van der Waals surface area contributed by atoms with Crippen molar-refractivity contribution in [2.45, 2.75) is 0 Å². The van der Waals surface area contributed by atoms with Crippen LogP contribution in [-0.4, -0.2) is 19.3 Å². The molecule has 0 aromatic heterocycles. The smallest absolute Gasteiger partial charge is 0.211 e. The molecule has 0 aliphatic rings. The number of nitrogens with two attached hydrogens (primary N) is 2. The molecule has 0 spiro atoms. The number of nitrogens with zero attached hydrogens (tertiary/aromatic N) is 2. The summed E-state index contributed by atoms with van der Waals surface area (Å²) >= 11 is 9.32. The van der Waals surface area contributed by atoms with Gasteiger partial charge in [-0.05, 0) is 28.1 Å². The minimum Gasteiger partial charge on any atom is -0.495 e. The second kappa shape index (κ2) is 5.72. The Morgan fingerprint density at radius 1 is 1.50 bits per heavy atom. The third-order valence-corrected chi connectivity index (χ3v) is 2.61. The van der Waals surface area contributed by atoms with Gasteiger partial charge in [-0.2, -0.15) is 5.10 Å². The van der Waals surface area contributed by atoms with Crippen molar-refractivity contribution in [2.24, 2.45) is 21.7 Å². The molecule has 0 saturated carbocycles. The lowest BCUT2D eigenvalue weighted by Gasteiger charge is -2.07. The summed E-state index contributed by atoms with van der Waals surface area (Å²) in [7, 11) is 1.54. The summed E-state index contributed by atoms with van der Waals surface area (Å²) in [5.41, 5.74) is 10.9. The zero-order valence-electron chi connectivity index (χ0n) is 8.45. The molecule has 0 unspecified atom stereocenters. The van der Waals surface area contributed by atoms with Crippen molar-refractivity contribution in [1.82, 2.24) is 0 Å². The number of rotatable bonds is 3. The first-order valence-electron chi connectivity index (χ1n) is 4.20. The Balaban J connectivity index is 3.16. The van der Waals surface area contributed by atoms with Gasteiger partial charge in [-0.15, -0.1) is 5.10 Å². The van der Waals surface area contributed by atoms with E-state index >= 15 is 0 Å². The Labute approximate surface area is 106 Å². The van der Waals surface area contributed by atoms with Gasteiger partial charge < -0.3 is 16.2 Å². The topological polar surface area (TPSA) is 86.0 Å². The maximum atomic E-state index is 5.99. The molecule has 0 aliphatic carbocycles. The third kappa shape index (κ3) is 3.11. The van der Waals surface area contributed by atoms with Gasteiger partial charge in [0.05, 0.1) is 28.4 Å². The number of benzene rings is 1. The van der Waals surface area contributed by atoms with Crippen molar-refractivity contribution in [3.8, 4) is 5.75 Å². The van der Waals surface area contributed by atoms with E-state index in [4.69, 9.17) is 27.8 Å². The van der Waals surface area contributed by atoms with Crippen LogP contribution in [0.5, 0.6) is 5.75 Å². The van der Waals surface area contributed by atoms with Crippen LogP contribution >= 0.6 is 27.5 Å². The quantitative estimate of drug-likeness (QED) is 0.506.